The van der Waals surface area contributed by atoms with Crippen molar-refractivity contribution in [1.82, 2.24) is 0 Å². The Bertz CT molecular complexity index is 480. The summed E-state index contributed by atoms with van der Waals surface area (Å²) in [6.45, 7) is 0.149. The van der Waals surface area contributed by atoms with Crippen molar-refractivity contribution in [3.8, 4) is 0 Å². The molecule has 0 saturated heterocycles. The van der Waals surface area contributed by atoms with E-state index < -0.39 is 0 Å². The van der Waals surface area contributed by atoms with E-state index in [2.05, 4.69) is 0 Å². The van der Waals surface area contributed by atoms with Crippen molar-refractivity contribution in [2.24, 2.45) is 0 Å². The van der Waals surface area contributed by atoms with Gasteiger partial charge in [-0.1, -0.05) is 48.5 Å². The number of aliphatic hydroxyl groups is 3. The maximum Gasteiger partial charge on any atom is 0.150 e. The largest absolute Gasteiger partial charge is 0.392 e. The molecule has 0 bridgehead atoms. The molecule has 0 heterocycles. The highest BCUT2D eigenvalue weighted by Crippen LogP contribution is 2.03. The average molecular weight is 274 g/mol. The van der Waals surface area contributed by atoms with Gasteiger partial charge in [-0.05, 0) is 16.7 Å². The molecule has 3 N–H and O–H groups in total. The molecule has 4 nitrogen and oxygen atoms in total. The lowest BCUT2D eigenvalue weighted by atomic mass is 10.1. The van der Waals surface area contributed by atoms with Crippen LogP contribution in [0.5, 0.6) is 0 Å². The number of aliphatic hydroxyl groups excluding tert-OH is 3. The summed E-state index contributed by atoms with van der Waals surface area (Å²) in [7, 11) is 0. The third kappa shape index (κ3) is 5.32. The molecule has 106 valence electrons. The molecule has 4 heteroatoms. The number of aldehydes is 1. The molecule has 0 aromatic heterocycles. The van der Waals surface area contributed by atoms with Crippen molar-refractivity contribution in [3.63, 3.8) is 0 Å². The predicted molar refractivity (Wildman–Crippen MR) is 76.0 cm³/mol. The molecular weight excluding hydrogens is 256 g/mol. The van der Waals surface area contributed by atoms with Gasteiger partial charge in [0.05, 0.1) is 19.8 Å². The van der Waals surface area contributed by atoms with Crippen molar-refractivity contribution >= 4 is 6.29 Å². The van der Waals surface area contributed by atoms with Crippen molar-refractivity contribution in [2.75, 3.05) is 0 Å². The summed E-state index contributed by atoms with van der Waals surface area (Å²) >= 11 is 0. The predicted octanol–water partition coefficient (Wildman–Crippen LogP) is 1.66. The fourth-order valence-corrected chi connectivity index (χ4v) is 1.45. The van der Waals surface area contributed by atoms with Crippen LogP contribution in [-0.2, 0) is 19.8 Å². The SMILES string of the molecule is O=Cc1ccc(CO)cc1.OCc1ccc(CO)cc1. The Morgan fingerprint density at radius 2 is 0.950 bits per heavy atom. The molecule has 0 unspecified atom stereocenters. The quantitative estimate of drug-likeness (QED) is 0.741. The summed E-state index contributed by atoms with van der Waals surface area (Å²) in [6.07, 6.45) is 0.779. The van der Waals surface area contributed by atoms with Gasteiger partial charge in [0.25, 0.3) is 0 Å². The Labute approximate surface area is 117 Å². The van der Waals surface area contributed by atoms with Gasteiger partial charge in [0.1, 0.15) is 6.29 Å². The molecule has 2 aromatic carbocycles. The van der Waals surface area contributed by atoms with Crippen LogP contribution in [0, 0.1) is 0 Å². The molecule has 0 spiro atoms. The number of rotatable bonds is 4. The lowest BCUT2D eigenvalue weighted by Crippen LogP contribution is -1.85. The Hall–Kier alpha value is -2.01. The lowest BCUT2D eigenvalue weighted by molar-refractivity contribution is 0.112. The molecule has 0 aliphatic heterocycles. The van der Waals surface area contributed by atoms with Gasteiger partial charge >= 0.3 is 0 Å². The zero-order valence-electron chi connectivity index (χ0n) is 11.1. The topological polar surface area (TPSA) is 77.8 Å². The van der Waals surface area contributed by atoms with Gasteiger partial charge in [-0.3, -0.25) is 4.79 Å². The van der Waals surface area contributed by atoms with Gasteiger partial charge in [-0.2, -0.15) is 0 Å². The minimum Gasteiger partial charge on any atom is -0.392 e. The van der Waals surface area contributed by atoms with Crippen LogP contribution >= 0.6 is 0 Å². The zero-order chi connectivity index (χ0) is 14.8. The number of hydrogen-bond acceptors (Lipinski definition) is 4. The fourth-order valence-electron chi connectivity index (χ4n) is 1.45. The minimum atomic E-state index is 0.0269. The third-order valence-corrected chi connectivity index (χ3v) is 2.69. The Balaban J connectivity index is 0.000000200. The Morgan fingerprint density at radius 3 is 1.20 bits per heavy atom. The maximum atomic E-state index is 10.1. The van der Waals surface area contributed by atoms with Crippen LogP contribution in [-0.4, -0.2) is 21.6 Å². The van der Waals surface area contributed by atoms with Gasteiger partial charge in [0, 0.05) is 5.56 Å². The molecule has 0 atom stereocenters. The fraction of sp³-hybridized carbons (Fsp3) is 0.188. The zero-order valence-corrected chi connectivity index (χ0v) is 11.1. The number of carbonyl (C=O) groups is 1. The lowest BCUT2D eigenvalue weighted by Gasteiger charge is -1.96. The highest BCUT2D eigenvalue weighted by molar-refractivity contribution is 5.74. The van der Waals surface area contributed by atoms with Crippen LogP contribution in [0.25, 0.3) is 0 Å². The smallest absolute Gasteiger partial charge is 0.150 e. The van der Waals surface area contributed by atoms with Crippen molar-refractivity contribution in [1.29, 1.82) is 0 Å². The van der Waals surface area contributed by atoms with Crippen LogP contribution in [0.2, 0.25) is 0 Å². The monoisotopic (exact) mass is 274 g/mol. The second kappa shape index (κ2) is 8.98. The highest BCUT2D eigenvalue weighted by atomic mass is 16.3. The summed E-state index contributed by atoms with van der Waals surface area (Å²) < 4.78 is 0. The van der Waals surface area contributed by atoms with Crippen molar-refractivity contribution < 1.29 is 20.1 Å². The molecule has 0 radical (unpaired) electrons. The van der Waals surface area contributed by atoms with Gasteiger partial charge in [0.15, 0.2) is 0 Å². The highest BCUT2D eigenvalue weighted by Gasteiger charge is 1.90. The van der Waals surface area contributed by atoms with Crippen LogP contribution in [0.15, 0.2) is 48.5 Å². The van der Waals surface area contributed by atoms with E-state index in [1.165, 1.54) is 0 Å². The van der Waals surface area contributed by atoms with E-state index in [1.807, 2.05) is 0 Å². The van der Waals surface area contributed by atoms with Crippen LogP contribution in [0.3, 0.4) is 0 Å². The van der Waals surface area contributed by atoms with E-state index in [0.29, 0.717) is 5.56 Å². The molecule has 20 heavy (non-hydrogen) atoms. The van der Waals surface area contributed by atoms with Crippen LogP contribution < -0.4 is 0 Å². The first-order valence-electron chi connectivity index (χ1n) is 6.18. The van der Waals surface area contributed by atoms with Crippen molar-refractivity contribution in [2.45, 2.75) is 19.8 Å². The second-order valence-corrected chi connectivity index (χ2v) is 4.15. The first-order valence-corrected chi connectivity index (χ1v) is 6.18. The second-order valence-electron chi connectivity index (χ2n) is 4.15. The number of hydrogen-bond donors (Lipinski definition) is 3. The molecule has 2 rings (SSSR count). The number of benzene rings is 2. The van der Waals surface area contributed by atoms with Gasteiger partial charge < -0.3 is 15.3 Å². The Morgan fingerprint density at radius 1 is 0.650 bits per heavy atom. The maximum absolute atomic E-state index is 10.1. The molecule has 2 aromatic rings. The van der Waals surface area contributed by atoms with Crippen LogP contribution in [0.1, 0.15) is 27.0 Å². The third-order valence-electron chi connectivity index (χ3n) is 2.69. The summed E-state index contributed by atoms with van der Waals surface area (Å²) in [5, 5.41) is 25.9. The molecule has 0 amide bonds. The first kappa shape index (κ1) is 16.0. The van der Waals surface area contributed by atoms with Crippen molar-refractivity contribution in [3.05, 3.63) is 70.8 Å². The summed E-state index contributed by atoms with van der Waals surface area (Å²) in [6, 6.07) is 14.0. The normalized spacial score (nSPS) is 9.55. The molecule has 0 fully saturated rings. The number of carbonyl (C=O) groups excluding carboxylic acids is 1. The molecular formula is C16H18O4. The van der Waals surface area contributed by atoms with E-state index in [4.69, 9.17) is 15.3 Å². The van der Waals surface area contributed by atoms with E-state index in [9.17, 15) is 4.79 Å². The van der Waals surface area contributed by atoms with Crippen LogP contribution in [0.4, 0.5) is 0 Å². The molecule has 0 aliphatic rings. The first-order chi connectivity index (χ1) is 9.73. The Kier molecular flexibility index (Phi) is 7.21. The van der Waals surface area contributed by atoms with E-state index >= 15 is 0 Å². The van der Waals surface area contributed by atoms with Gasteiger partial charge in [-0.25, -0.2) is 0 Å². The molecule has 0 aliphatic carbocycles. The standard InChI is InChI=1S/C8H10O2.C8H8O2/c2*9-5-7-1-2-8(6-10)4-3-7/h1-4,9-10H,5-6H2;1-5,10H,6H2. The van der Waals surface area contributed by atoms with E-state index in [1.54, 1.807) is 48.5 Å². The minimum absolute atomic E-state index is 0.0269. The molecule has 0 saturated carbocycles. The summed E-state index contributed by atoms with van der Waals surface area (Å²) in [5.74, 6) is 0. The van der Waals surface area contributed by atoms with E-state index in [-0.39, 0.29) is 19.8 Å². The van der Waals surface area contributed by atoms with Gasteiger partial charge in [-0.15, -0.1) is 0 Å². The summed E-state index contributed by atoms with van der Waals surface area (Å²) in [5.41, 5.74) is 3.21. The van der Waals surface area contributed by atoms with E-state index in [0.717, 1.165) is 23.0 Å². The average Bonchev–Trinajstić information content (AvgIpc) is 2.55. The summed E-state index contributed by atoms with van der Waals surface area (Å²) in [4.78, 5) is 10.1. The van der Waals surface area contributed by atoms with Gasteiger partial charge in [0.2, 0.25) is 0 Å².